The zero-order valence-corrected chi connectivity index (χ0v) is 10.8. The van der Waals surface area contributed by atoms with Crippen LogP contribution in [0.5, 0.6) is 11.5 Å². The number of carbonyl (C=O) groups is 1. The summed E-state index contributed by atoms with van der Waals surface area (Å²) in [4.78, 5) is 10.5. The monoisotopic (exact) mass is 250 g/mol. The molecule has 1 aromatic carbocycles. The fourth-order valence-corrected chi connectivity index (χ4v) is 1.42. The summed E-state index contributed by atoms with van der Waals surface area (Å²) >= 11 is 0. The molecule has 0 aliphatic carbocycles. The van der Waals surface area contributed by atoms with Gasteiger partial charge in [-0.15, -0.1) is 0 Å². The van der Waals surface area contributed by atoms with E-state index in [0.717, 1.165) is 11.6 Å². The Hall–Kier alpha value is -1.97. The summed E-state index contributed by atoms with van der Waals surface area (Å²) < 4.78 is 11.1. The van der Waals surface area contributed by atoms with Crippen LogP contribution in [0.15, 0.2) is 24.3 Å². The maximum Gasteiger partial charge on any atom is 0.328 e. The smallest absolute Gasteiger partial charge is 0.328 e. The van der Waals surface area contributed by atoms with Crippen molar-refractivity contribution in [2.75, 3.05) is 6.61 Å². The van der Waals surface area contributed by atoms with E-state index in [0.29, 0.717) is 18.1 Å². The fraction of sp³-hybridized carbons (Fsp3) is 0.357. The van der Waals surface area contributed by atoms with E-state index in [2.05, 4.69) is 0 Å². The van der Waals surface area contributed by atoms with Gasteiger partial charge in [-0.1, -0.05) is 6.07 Å². The van der Waals surface area contributed by atoms with Crippen molar-refractivity contribution in [1.29, 1.82) is 0 Å². The van der Waals surface area contributed by atoms with Gasteiger partial charge < -0.3 is 14.6 Å². The number of benzene rings is 1. The summed E-state index contributed by atoms with van der Waals surface area (Å²) in [7, 11) is 0. The molecule has 0 radical (unpaired) electrons. The lowest BCUT2D eigenvalue weighted by molar-refractivity contribution is -0.131. The average Bonchev–Trinajstić information content (AvgIpc) is 2.29. The Morgan fingerprint density at radius 3 is 2.67 bits per heavy atom. The molecule has 0 unspecified atom stereocenters. The summed E-state index contributed by atoms with van der Waals surface area (Å²) in [6, 6.07) is 5.34. The predicted molar refractivity (Wildman–Crippen MR) is 70.0 cm³/mol. The van der Waals surface area contributed by atoms with Crippen molar-refractivity contribution in [2.24, 2.45) is 0 Å². The molecule has 0 saturated heterocycles. The summed E-state index contributed by atoms with van der Waals surface area (Å²) in [5.41, 5.74) is 0.761. The molecule has 0 atom stereocenters. The van der Waals surface area contributed by atoms with Crippen molar-refractivity contribution in [1.82, 2.24) is 0 Å². The molecule has 4 heteroatoms. The molecular weight excluding hydrogens is 232 g/mol. The minimum absolute atomic E-state index is 0.0598. The first kappa shape index (κ1) is 14.1. The van der Waals surface area contributed by atoms with Crippen LogP contribution in [0.2, 0.25) is 0 Å². The first-order chi connectivity index (χ1) is 8.52. The lowest BCUT2D eigenvalue weighted by Crippen LogP contribution is -2.07. The van der Waals surface area contributed by atoms with E-state index >= 15 is 0 Å². The van der Waals surface area contributed by atoms with Gasteiger partial charge >= 0.3 is 5.97 Å². The molecule has 1 N–H and O–H groups in total. The van der Waals surface area contributed by atoms with Gasteiger partial charge in [0, 0.05) is 6.08 Å². The summed E-state index contributed by atoms with van der Waals surface area (Å²) in [6.45, 7) is 6.29. The molecule has 1 aromatic rings. The van der Waals surface area contributed by atoms with Crippen molar-refractivity contribution in [3.05, 3.63) is 29.8 Å². The third-order valence-corrected chi connectivity index (χ3v) is 2.05. The maximum atomic E-state index is 10.5. The van der Waals surface area contributed by atoms with Crippen molar-refractivity contribution in [3.8, 4) is 11.5 Å². The maximum absolute atomic E-state index is 10.5. The van der Waals surface area contributed by atoms with Crippen LogP contribution in [0, 0.1) is 0 Å². The number of rotatable bonds is 6. The zero-order valence-electron chi connectivity index (χ0n) is 10.8. The minimum Gasteiger partial charge on any atom is -0.490 e. The van der Waals surface area contributed by atoms with Gasteiger partial charge in [0.2, 0.25) is 0 Å². The Labute approximate surface area is 107 Å². The molecule has 98 valence electrons. The van der Waals surface area contributed by atoms with Crippen LogP contribution in [-0.4, -0.2) is 23.8 Å². The molecular formula is C14H18O4. The molecule has 0 aliphatic heterocycles. The number of carboxylic acids is 1. The highest BCUT2D eigenvalue weighted by Crippen LogP contribution is 2.29. The number of hydrogen-bond donors (Lipinski definition) is 1. The van der Waals surface area contributed by atoms with Crippen LogP contribution >= 0.6 is 0 Å². The van der Waals surface area contributed by atoms with Gasteiger partial charge in [-0.2, -0.15) is 0 Å². The Bertz CT molecular complexity index is 435. The second-order valence-electron chi connectivity index (χ2n) is 3.98. The molecule has 0 aromatic heterocycles. The first-order valence-electron chi connectivity index (χ1n) is 5.87. The first-order valence-corrected chi connectivity index (χ1v) is 5.87. The number of ether oxygens (including phenoxy) is 2. The van der Waals surface area contributed by atoms with E-state index in [1.807, 2.05) is 20.8 Å². The van der Waals surface area contributed by atoms with Gasteiger partial charge in [-0.05, 0) is 44.5 Å². The lowest BCUT2D eigenvalue weighted by Gasteiger charge is -2.14. The van der Waals surface area contributed by atoms with Crippen LogP contribution < -0.4 is 9.47 Å². The van der Waals surface area contributed by atoms with Crippen LogP contribution in [0.4, 0.5) is 0 Å². The SMILES string of the molecule is CCOc1cc(C=CC(=O)O)ccc1OC(C)C. The molecule has 0 aliphatic rings. The highest BCUT2D eigenvalue weighted by atomic mass is 16.5. The molecule has 0 fully saturated rings. The second kappa shape index (κ2) is 6.69. The highest BCUT2D eigenvalue weighted by Gasteiger charge is 2.07. The largest absolute Gasteiger partial charge is 0.490 e. The molecule has 0 spiro atoms. The summed E-state index contributed by atoms with van der Waals surface area (Å²) in [5.74, 6) is 0.313. The van der Waals surface area contributed by atoms with Gasteiger partial charge in [-0.3, -0.25) is 0 Å². The third-order valence-electron chi connectivity index (χ3n) is 2.05. The van der Waals surface area contributed by atoms with E-state index in [1.165, 1.54) is 6.08 Å². The molecule has 4 nitrogen and oxygen atoms in total. The normalized spacial score (nSPS) is 10.9. The van der Waals surface area contributed by atoms with Gasteiger partial charge in [0.05, 0.1) is 12.7 Å². The molecule has 1 rings (SSSR count). The Kier molecular flexibility index (Phi) is 5.24. The van der Waals surface area contributed by atoms with Crippen molar-refractivity contribution < 1.29 is 19.4 Å². The lowest BCUT2D eigenvalue weighted by atomic mass is 10.2. The molecule has 0 bridgehead atoms. The van der Waals surface area contributed by atoms with E-state index in [1.54, 1.807) is 18.2 Å². The Morgan fingerprint density at radius 2 is 2.11 bits per heavy atom. The fourth-order valence-electron chi connectivity index (χ4n) is 1.42. The van der Waals surface area contributed by atoms with Gasteiger partial charge in [-0.25, -0.2) is 4.79 Å². The standard InChI is InChI=1S/C14H18O4/c1-4-17-13-9-11(6-8-14(15)16)5-7-12(13)18-10(2)3/h5-10H,4H2,1-3H3,(H,15,16). The van der Waals surface area contributed by atoms with Crippen LogP contribution in [0.1, 0.15) is 26.3 Å². The van der Waals surface area contributed by atoms with Crippen molar-refractivity contribution in [2.45, 2.75) is 26.9 Å². The minimum atomic E-state index is -0.976. The van der Waals surface area contributed by atoms with Gasteiger partial charge in [0.1, 0.15) is 0 Å². The summed E-state index contributed by atoms with van der Waals surface area (Å²) in [5, 5.41) is 8.58. The van der Waals surface area contributed by atoms with E-state index in [-0.39, 0.29) is 6.10 Å². The molecule has 0 saturated carbocycles. The third kappa shape index (κ3) is 4.49. The summed E-state index contributed by atoms with van der Waals surface area (Å²) in [6.07, 6.45) is 2.67. The Balaban J connectivity index is 2.98. The predicted octanol–water partition coefficient (Wildman–Crippen LogP) is 2.97. The van der Waals surface area contributed by atoms with Crippen LogP contribution in [-0.2, 0) is 4.79 Å². The molecule has 18 heavy (non-hydrogen) atoms. The average molecular weight is 250 g/mol. The van der Waals surface area contributed by atoms with Crippen LogP contribution in [0.25, 0.3) is 6.08 Å². The topological polar surface area (TPSA) is 55.8 Å². The van der Waals surface area contributed by atoms with Gasteiger partial charge in [0.15, 0.2) is 11.5 Å². The quantitative estimate of drug-likeness (QED) is 0.788. The number of carboxylic acid groups (broad SMARTS) is 1. The number of aliphatic carboxylic acids is 1. The van der Waals surface area contributed by atoms with E-state index in [9.17, 15) is 4.79 Å². The number of hydrogen-bond acceptors (Lipinski definition) is 3. The highest BCUT2D eigenvalue weighted by molar-refractivity contribution is 5.85. The van der Waals surface area contributed by atoms with E-state index < -0.39 is 5.97 Å². The van der Waals surface area contributed by atoms with Crippen molar-refractivity contribution >= 4 is 12.0 Å². The molecule has 0 amide bonds. The van der Waals surface area contributed by atoms with Crippen molar-refractivity contribution in [3.63, 3.8) is 0 Å². The molecule has 0 heterocycles. The second-order valence-corrected chi connectivity index (χ2v) is 3.98. The van der Waals surface area contributed by atoms with E-state index in [4.69, 9.17) is 14.6 Å². The van der Waals surface area contributed by atoms with Crippen LogP contribution in [0.3, 0.4) is 0 Å². The zero-order chi connectivity index (χ0) is 13.5. The van der Waals surface area contributed by atoms with Gasteiger partial charge in [0.25, 0.3) is 0 Å². The Morgan fingerprint density at radius 1 is 1.39 bits per heavy atom.